The Morgan fingerprint density at radius 1 is 0.886 bits per heavy atom. The molecule has 0 unspecified atom stereocenters. The molecule has 35 heavy (non-hydrogen) atoms. The fourth-order valence-electron chi connectivity index (χ4n) is 5.27. The number of hydrogen-bond donors (Lipinski definition) is 1. The molecule has 0 aliphatic heterocycles. The highest BCUT2D eigenvalue weighted by atomic mass is 16.3. The molecule has 6 heteroatoms. The van der Waals surface area contributed by atoms with Crippen molar-refractivity contribution in [3.8, 4) is 11.1 Å². The van der Waals surface area contributed by atoms with Gasteiger partial charge in [0.2, 0.25) is 0 Å². The Balaban J connectivity index is 1.44. The highest BCUT2D eigenvalue weighted by Gasteiger charge is 2.26. The largest absolute Gasteiger partial charge is 0.391 e. The second kappa shape index (κ2) is 9.04. The summed E-state index contributed by atoms with van der Waals surface area (Å²) in [6, 6.07) is 18.1. The average Bonchev–Trinajstić information content (AvgIpc) is 2.91. The molecule has 3 heterocycles. The lowest BCUT2D eigenvalue weighted by molar-refractivity contribution is 0.0735. The molecule has 6 rings (SSSR count). The predicted octanol–water partition coefficient (Wildman–Crippen LogP) is 5.07. The summed E-state index contributed by atoms with van der Waals surface area (Å²) in [4.78, 5) is 27.1. The van der Waals surface area contributed by atoms with E-state index >= 15 is 0 Å². The first-order valence-corrected chi connectivity index (χ1v) is 12.1. The van der Waals surface area contributed by atoms with Crippen molar-refractivity contribution in [1.29, 1.82) is 0 Å². The summed E-state index contributed by atoms with van der Waals surface area (Å²) < 4.78 is 1.63. The van der Waals surface area contributed by atoms with E-state index in [1.807, 2.05) is 36.5 Å². The third kappa shape index (κ3) is 4.00. The van der Waals surface area contributed by atoms with Crippen LogP contribution in [0.25, 0.3) is 32.9 Å². The summed E-state index contributed by atoms with van der Waals surface area (Å²) in [7, 11) is 0. The molecular weight excluding hydrogens is 436 g/mol. The highest BCUT2D eigenvalue weighted by molar-refractivity contribution is 6.04. The lowest BCUT2D eigenvalue weighted by atomic mass is 9.92. The van der Waals surface area contributed by atoms with Gasteiger partial charge in [-0.15, -0.1) is 0 Å². The zero-order chi connectivity index (χ0) is 23.8. The molecule has 0 radical (unpaired) electrons. The van der Waals surface area contributed by atoms with Crippen LogP contribution in [0.2, 0.25) is 0 Å². The van der Waals surface area contributed by atoms with Gasteiger partial charge in [-0.3, -0.25) is 19.3 Å². The fourth-order valence-corrected chi connectivity index (χ4v) is 5.27. The molecule has 1 fully saturated rings. The van der Waals surface area contributed by atoms with Gasteiger partial charge in [0, 0.05) is 24.0 Å². The van der Waals surface area contributed by atoms with Crippen LogP contribution in [-0.4, -0.2) is 30.7 Å². The molecule has 2 atom stereocenters. The molecule has 1 N–H and O–H groups in total. The standard InChI is InChI=1S/C29H26N4O2/c34-26-8-2-1-7-25(26)33-18-32-28-24(29(33)35)16-22(23-6-4-14-31-27(23)28)15-19-9-11-20(12-10-19)21-5-3-13-30-17-21/h3-6,9-14,16-18,25-26,34H,1-2,7-8,15H2/t25-,26-/m0/s1. The summed E-state index contributed by atoms with van der Waals surface area (Å²) in [5.74, 6) is 0. The minimum absolute atomic E-state index is 0.110. The van der Waals surface area contributed by atoms with Crippen molar-refractivity contribution in [3.05, 3.63) is 101 Å². The van der Waals surface area contributed by atoms with E-state index in [0.29, 0.717) is 23.7 Å². The van der Waals surface area contributed by atoms with Crippen molar-refractivity contribution in [2.75, 3.05) is 0 Å². The maximum Gasteiger partial charge on any atom is 0.261 e. The van der Waals surface area contributed by atoms with E-state index in [1.54, 1.807) is 23.3 Å². The van der Waals surface area contributed by atoms with Crippen LogP contribution in [0.1, 0.15) is 42.9 Å². The van der Waals surface area contributed by atoms with Crippen LogP contribution in [0.5, 0.6) is 0 Å². The van der Waals surface area contributed by atoms with E-state index in [9.17, 15) is 9.90 Å². The maximum atomic E-state index is 13.6. The summed E-state index contributed by atoms with van der Waals surface area (Å²) in [5.41, 5.74) is 5.62. The Morgan fingerprint density at radius 2 is 1.69 bits per heavy atom. The zero-order valence-electron chi connectivity index (χ0n) is 19.3. The SMILES string of the molecule is O=c1c2cc(Cc3ccc(-c4cccnc4)cc3)c3cccnc3c2ncn1[C@H]1CCCC[C@@H]1O. The van der Waals surface area contributed by atoms with Gasteiger partial charge in [0.05, 0.1) is 29.4 Å². The Kier molecular flexibility index (Phi) is 5.58. The minimum Gasteiger partial charge on any atom is -0.391 e. The number of fused-ring (bicyclic) bond motifs is 3. The first kappa shape index (κ1) is 21.6. The molecule has 174 valence electrons. The number of pyridine rings is 2. The van der Waals surface area contributed by atoms with Crippen LogP contribution in [-0.2, 0) is 6.42 Å². The Morgan fingerprint density at radius 3 is 2.49 bits per heavy atom. The number of benzene rings is 2. The van der Waals surface area contributed by atoms with Crippen LogP contribution < -0.4 is 5.56 Å². The number of hydrogen-bond acceptors (Lipinski definition) is 5. The number of aromatic nitrogens is 4. The van der Waals surface area contributed by atoms with Crippen LogP contribution in [0.4, 0.5) is 0 Å². The molecule has 1 aliphatic rings. The van der Waals surface area contributed by atoms with Gasteiger partial charge in [0.25, 0.3) is 5.56 Å². The van der Waals surface area contributed by atoms with E-state index in [4.69, 9.17) is 0 Å². The number of rotatable bonds is 4. The van der Waals surface area contributed by atoms with Gasteiger partial charge in [-0.05, 0) is 59.7 Å². The van der Waals surface area contributed by atoms with Crippen LogP contribution in [0.15, 0.2) is 84.3 Å². The van der Waals surface area contributed by atoms with Crippen LogP contribution in [0, 0.1) is 0 Å². The molecular formula is C29H26N4O2. The van der Waals surface area contributed by atoms with Gasteiger partial charge in [0.1, 0.15) is 5.52 Å². The van der Waals surface area contributed by atoms with E-state index in [-0.39, 0.29) is 11.6 Å². The number of nitrogens with zero attached hydrogens (tertiary/aromatic N) is 4. The molecule has 1 aliphatic carbocycles. The van der Waals surface area contributed by atoms with Crippen molar-refractivity contribution in [3.63, 3.8) is 0 Å². The molecule has 5 aromatic rings. The predicted molar refractivity (Wildman–Crippen MR) is 137 cm³/mol. The van der Waals surface area contributed by atoms with Crippen molar-refractivity contribution in [1.82, 2.24) is 19.5 Å². The summed E-state index contributed by atoms with van der Waals surface area (Å²) in [6.07, 6.45) is 10.6. The lowest BCUT2D eigenvalue weighted by Gasteiger charge is -2.29. The van der Waals surface area contributed by atoms with Gasteiger partial charge >= 0.3 is 0 Å². The fraction of sp³-hybridized carbons (Fsp3) is 0.241. The number of aliphatic hydroxyl groups is 1. The Bertz CT molecular complexity index is 1560. The summed E-state index contributed by atoms with van der Waals surface area (Å²) in [6.45, 7) is 0. The molecule has 0 amide bonds. The first-order chi connectivity index (χ1) is 17.2. The monoisotopic (exact) mass is 462 g/mol. The molecule has 2 aromatic carbocycles. The van der Waals surface area contributed by atoms with Gasteiger partial charge in [-0.2, -0.15) is 0 Å². The molecule has 0 spiro atoms. The highest BCUT2D eigenvalue weighted by Crippen LogP contribution is 2.30. The third-order valence-corrected chi connectivity index (χ3v) is 7.12. The second-order valence-electron chi connectivity index (χ2n) is 9.32. The first-order valence-electron chi connectivity index (χ1n) is 12.1. The zero-order valence-corrected chi connectivity index (χ0v) is 19.3. The van der Waals surface area contributed by atoms with E-state index < -0.39 is 6.10 Å². The van der Waals surface area contributed by atoms with Crippen molar-refractivity contribution < 1.29 is 5.11 Å². The third-order valence-electron chi connectivity index (χ3n) is 7.12. The topological polar surface area (TPSA) is 80.9 Å². The Hall–Kier alpha value is -3.90. The lowest BCUT2D eigenvalue weighted by Crippen LogP contribution is -2.34. The van der Waals surface area contributed by atoms with E-state index in [2.05, 4.69) is 39.2 Å². The van der Waals surface area contributed by atoms with E-state index in [1.165, 1.54) is 0 Å². The quantitative estimate of drug-likeness (QED) is 0.377. The molecule has 1 saturated carbocycles. The van der Waals surface area contributed by atoms with Gasteiger partial charge in [0.15, 0.2) is 0 Å². The van der Waals surface area contributed by atoms with Crippen LogP contribution >= 0.6 is 0 Å². The second-order valence-corrected chi connectivity index (χ2v) is 9.32. The summed E-state index contributed by atoms with van der Waals surface area (Å²) >= 11 is 0. The molecule has 0 bridgehead atoms. The molecule has 3 aromatic heterocycles. The van der Waals surface area contributed by atoms with Crippen molar-refractivity contribution in [2.45, 2.75) is 44.2 Å². The van der Waals surface area contributed by atoms with Crippen molar-refractivity contribution >= 4 is 21.8 Å². The smallest absolute Gasteiger partial charge is 0.261 e. The molecule has 6 nitrogen and oxygen atoms in total. The normalized spacial score (nSPS) is 18.2. The molecule has 0 saturated heterocycles. The average molecular weight is 463 g/mol. The van der Waals surface area contributed by atoms with Gasteiger partial charge < -0.3 is 5.11 Å². The minimum atomic E-state index is -0.517. The van der Waals surface area contributed by atoms with Crippen LogP contribution in [0.3, 0.4) is 0 Å². The number of aliphatic hydroxyl groups excluding tert-OH is 1. The van der Waals surface area contributed by atoms with Crippen molar-refractivity contribution in [2.24, 2.45) is 0 Å². The maximum absolute atomic E-state index is 13.6. The summed E-state index contributed by atoms with van der Waals surface area (Å²) in [5, 5.41) is 12.1. The Labute approximate surface area is 203 Å². The van der Waals surface area contributed by atoms with E-state index in [0.717, 1.165) is 52.4 Å². The van der Waals surface area contributed by atoms with Gasteiger partial charge in [-0.25, -0.2) is 4.98 Å². The van der Waals surface area contributed by atoms with Gasteiger partial charge in [-0.1, -0.05) is 49.2 Å².